The van der Waals surface area contributed by atoms with Crippen molar-refractivity contribution in [2.75, 3.05) is 51.5 Å². The maximum absolute atomic E-state index is 14.8. The van der Waals surface area contributed by atoms with Crippen LogP contribution < -0.4 is 9.64 Å². The van der Waals surface area contributed by atoms with E-state index in [4.69, 9.17) is 18.7 Å². The van der Waals surface area contributed by atoms with Gasteiger partial charge in [-0.25, -0.2) is 4.39 Å². The number of morpholine rings is 1. The predicted octanol–water partition coefficient (Wildman–Crippen LogP) is 4.15. The summed E-state index contributed by atoms with van der Waals surface area (Å²) in [6.07, 6.45) is 1.78. The van der Waals surface area contributed by atoms with Crippen molar-refractivity contribution in [2.45, 2.75) is 25.5 Å². The lowest BCUT2D eigenvalue weighted by Crippen LogP contribution is -2.39. The van der Waals surface area contributed by atoms with Crippen molar-refractivity contribution in [3.8, 4) is 17.0 Å². The molecule has 0 bridgehead atoms. The summed E-state index contributed by atoms with van der Waals surface area (Å²) in [5, 5.41) is 4.28. The van der Waals surface area contributed by atoms with Gasteiger partial charge < -0.3 is 28.5 Å². The van der Waals surface area contributed by atoms with Gasteiger partial charge >= 0.3 is 0 Å². The Labute approximate surface area is 209 Å². The molecule has 3 heterocycles. The Balaban J connectivity index is 1.52. The molecule has 2 saturated heterocycles. The number of aromatic nitrogens is 1. The first-order valence-electron chi connectivity index (χ1n) is 12.2. The number of benzene rings is 2. The van der Waals surface area contributed by atoms with Crippen molar-refractivity contribution < 1.29 is 27.9 Å². The van der Waals surface area contributed by atoms with Crippen molar-refractivity contribution in [2.24, 2.45) is 0 Å². The second-order valence-electron chi connectivity index (χ2n) is 8.94. The molecule has 0 unspecified atom stereocenters. The lowest BCUT2D eigenvalue weighted by molar-refractivity contribution is 0.0507. The SMILES string of the molecule is COc1ccc(C(=O)N(Cc2c(-c3ccccc3F)noc2N2CCOCC2)C[C@H]2CCCO2)cc1. The molecule has 2 aliphatic heterocycles. The largest absolute Gasteiger partial charge is 0.497 e. The highest BCUT2D eigenvalue weighted by Crippen LogP contribution is 2.35. The van der Waals surface area contributed by atoms with Crippen molar-refractivity contribution in [3.63, 3.8) is 0 Å². The Morgan fingerprint density at radius 3 is 2.61 bits per heavy atom. The van der Waals surface area contributed by atoms with Crippen LogP contribution in [0.25, 0.3) is 11.3 Å². The standard InChI is InChI=1S/C27H30FN3O5/c1-33-20-10-8-19(9-11-20)26(32)31(17-21-5-4-14-35-21)18-23-25(22-6-2-3-7-24(22)28)29-36-27(23)30-12-15-34-16-13-30/h2-3,6-11,21H,4-5,12-18H2,1H3/t21-/m1/s1. The third-order valence-corrected chi connectivity index (χ3v) is 6.62. The fraction of sp³-hybridized carbons (Fsp3) is 0.407. The molecule has 1 aromatic heterocycles. The maximum atomic E-state index is 14.8. The van der Waals surface area contributed by atoms with Crippen molar-refractivity contribution in [1.29, 1.82) is 0 Å². The lowest BCUT2D eigenvalue weighted by atomic mass is 10.0. The van der Waals surface area contributed by atoms with E-state index in [-0.39, 0.29) is 18.6 Å². The average molecular weight is 496 g/mol. The number of methoxy groups -OCH3 is 1. The second-order valence-corrected chi connectivity index (χ2v) is 8.94. The summed E-state index contributed by atoms with van der Waals surface area (Å²) in [6.45, 7) is 3.65. The number of hydrogen-bond donors (Lipinski definition) is 0. The summed E-state index contributed by atoms with van der Waals surface area (Å²) in [5.41, 5.74) is 1.94. The molecule has 5 rings (SSSR count). The van der Waals surface area contributed by atoms with Crippen molar-refractivity contribution in [3.05, 3.63) is 65.5 Å². The molecule has 2 aromatic carbocycles. The zero-order chi connectivity index (χ0) is 24.9. The molecule has 8 nitrogen and oxygen atoms in total. The Morgan fingerprint density at radius 2 is 1.92 bits per heavy atom. The smallest absolute Gasteiger partial charge is 0.254 e. The molecule has 9 heteroatoms. The normalized spacial score (nSPS) is 17.8. The summed E-state index contributed by atoms with van der Waals surface area (Å²) in [4.78, 5) is 17.5. The summed E-state index contributed by atoms with van der Waals surface area (Å²) in [6, 6.07) is 13.5. The molecule has 0 radical (unpaired) electrons. The van der Waals surface area contributed by atoms with Gasteiger partial charge in [0.05, 0.1) is 38.5 Å². The van der Waals surface area contributed by atoms with Crippen LogP contribution in [-0.2, 0) is 16.0 Å². The van der Waals surface area contributed by atoms with E-state index in [9.17, 15) is 9.18 Å². The first kappa shape index (κ1) is 24.3. The fourth-order valence-corrected chi connectivity index (χ4v) is 4.68. The van der Waals surface area contributed by atoms with Gasteiger partial charge in [0.2, 0.25) is 5.88 Å². The van der Waals surface area contributed by atoms with E-state index < -0.39 is 5.82 Å². The second kappa shape index (κ2) is 11.1. The monoisotopic (exact) mass is 495 g/mol. The van der Waals surface area contributed by atoms with Gasteiger partial charge in [-0.2, -0.15) is 0 Å². The molecule has 3 aromatic rings. The van der Waals surface area contributed by atoms with Gasteiger partial charge in [-0.1, -0.05) is 17.3 Å². The third-order valence-electron chi connectivity index (χ3n) is 6.62. The molecular formula is C27H30FN3O5. The molecule has 36 heavy (non-hydrogen) atoms. The van der Waals surface area contributed by atoms with Gasteiger partial charge in [0.1, 0.15) is 17.3 Å². The number of hydrogen-bond acceptors (Lipinski definition) is 7. The Hall–Kier alpha value is -3.43. The Kier molecular flexibility index (Phi) is 7.48. The van der Waals surface area contributed by atoms with Crippen molar-refractivity contribution in [1.82, 2.24) is 10.1 Å². The van der Waals surface area contributed by atoms with Crippen LogP contribution in [0.3, 0.4) is 0 Å². The van der Waals surface area contributed by atoms with Crippen molar-refractivity contribution >= 4 is 11.8 Å². The molecule has 190 valence electrons. The molecule has 0 N–H and O–H groups in total. The minimum atomic E-state index is -0.396. The van der Waals surface area contributed by atoms with Gasteiger partial charge in [0.25, 0.3) is 5.91 Å². The predicted molar refractivity (Wildman–Crippen MR) is 132 cm³/mol. The first-order chi connectivity index (χ1) is 17.6. The van der Waals surface area contributed by atoms with Crippen LogP contribution in [0.1, 0.15) is 28.8 Å². The van der Waals surface area contributed by atoms with Crippen LogP contribution in [0.15, 0.2) is 53.1 Å². The Morgan fingerprint density at radius 1 is 1.14 bits per heavy atom. The minimum Gasteiger partial charge on any atom is -0.497 e. The minimum absolute atomic E-state index is 0.0594. The third kappa shape index (κ3) is 5.22. The molecule has 1 atom stereocenters. The summed E-state index contributed by atoms with van der Waals surface area (Å²) >= 11 is 0. The van der Waals surface area contributed by atoms with Crippen LogP contribution in [-0.4, -0.2) is 68.6 Å². The number of anilines is 1. The van der Waals surface area contributed by atoms with Crippen LogP contribution in [0.4, 0.5) is 10.3 Å². The van der Waals surface area contributed by atoms with E-state index in [1.807, 2.05) is 4.90 Å². The maximum Gasteiger partial charge on any atom is 0.254 e. The fourth-order valence-electron chi connectivity index (χ4n) is 4.68. The highest BCUT2D eigenvalue weighted by molar-refractivity contribution is 5.94. The van der Waals surface area contributed by atoms with Gasteiger partial charge in [0.15, 0.2) is 0 Å². The average Bonchev–Trinajstić information content (AvgIpc) is 3.59. The van der Waals surface area contributed by atoms with E-state index in [1.165, 1.54) is 6.07 Å². The number of carbonyl (C=O) groups excluding carboxylic acids is 1. The van der Waals surface area contributed by atoms with E-state index >= 15 is 0 Å². The van der Waals surface area contributed by atoms with Crippen LogP contribution in [0, 0.1) is 5.82 Å². The van der Waals surface area contributed by atoms with Crippen LogP contribution >= 0.6 is 0 Å². The quantitative estimate of drug-likeness (QED) is 0.465. The molecule has 0 saturated carbocycles. The highest BCUT2D eigenvalue weighted by atomic mass is 19.1. The Bertz CT molecular complexity index is 1170. The molecular weight excluding hydrogens is 465 g/mol. The first-order valence-corrected chi connectivity index (χ1v) is 12.2. The van der Waals surface area contributed by atoms with Crippen LogP contribution in [0.5, 0.6) is 5.75 Å². The summed E-state index contributed by atoms with van der Waals surface area (Å²) in [5.74, 6) is 0.665. The van der Waals surface area contributed by atoms with E-state index in [1.54, 1.807) is 54.5 Å². The summed E-state index contributed by atoms with van der Waals surface area (Å²) in [7, 11) is 1.59. The lowest BCUT2D eigenvalue weighted by Gasteiger charge is -2.29. The number of halogens is 1. The number of rotatable bonds is 8. The molecule has 2 fully saturated rings. The molecule has 2 aliphatic rings. The van der Waals surface area contributed by atoms with Gasteiger partial charge in [-0.05, 0) is 49.2 Å². The van der Waals surface area contributed by atoms with E-state index in [2.05, 4.69) is 5.16 Å². The topological polar surface area (TPSA) is 77.3 Å². The zero-order valence-corrected chi connectivity index (χ0v) is 20.3. The number of ether oxygens (including phenoxy) is 3. The van der Waals surface area contributed by atoms with Crippen LogP contribution in [0.2, 0.25) is 0 Å². The molecule has 0 aliphatic carbocycles. The van der Waals surface area contributed by atoms with E-state index in [0.717, 1.165) is 12.8 Å². The van der Waals surface area contributed by atoms with Gasteiger partial charge in [0, 0.05) is 37.4 Å². The molecule has 1 amide bonds. The number of amides is 1. The number of nitrogens with zero attached hydrogens (tertiary/aromatic N) is 3. The van der Waals surface area contributed by atoms with E-state index in [0.29, 0.717) is 73.5 Å². The number of carbonyl (C=O) groups is 1. The summed E-state index contributed by atoms with van der Waals surface area (Å²) < 4.78 is 37.2. The highest BCUT2D eigenvalue weighted by Gasteiger charge is 2.30. The zero-order valence-electron chi connectivity index (χ0n) is 20.3. The van der Waals surface area contributed by atoms with Gasteiger partial charge in [-0.15, -0.1) is 0 Å². The molecule has 0 spiro atoms. The van der Waals surface area contributed by atoms with Gasteiger partial charge in [-0.3, -0.25) is 4.79 Å².